The molecule has 1 aliphatic heterocycles. The molecule has 1 aromatic heterocycles. The molecule has 6 heteroatoms. The van der Waals surface area contributed by atoms with Crippen molar-refractivity contribution in [3.05, 3.63) is 12.4 Å². The molecule has 1 atom stereocenters. The van der Waals surface area contributed by atoms with E-state index in [2.05, 4.69) is 20.6 Å². The molecule has 1 aliphatic rings. The number of nitrogens with one attached hydrogen (secondary N) is 2. The summed E-state index contributed by atoms with van der Waals surface area (Å²) in [5.74, 6) is 1.03. The van der Waals surface area contributed by atoms with Crippen molar-refractivity contribution in [2.45, 2.75) is 12.5 Å². The van der Waals surface area contributed by atoms with Gasteiger partial charge in [-0.25, -0.2) is 4.98 Å². The Labute approximate surface area is 80.9 Å². The van der Waals surface area contributed by atoms with Crippen LogP contribution in [0.15, 0.2) is 12.4 Å². The van der Waals surface area contributed by atoms with Crippen LogP contribution in [-0.4, -0.2) is 28.5 Å². The maximum Gasteiger partial charge on any atom is 0.222 e. The quantitative estimate of drug-likeness (QED) is 0.581. The molecular formula is C8H11N5O. The van der Waals surface area contributed by atoms with E-state index in [1.807, 2.05) is 0 Å². The van der Waals surface area contributed by atoms with Gasteiger partial charge in [0.1, 0.15) is 11.6 Å². The molecular weight excluding hydrogens is 182 g/mol. The molecule has 0 aromatic carbocycles. The highest BCUT2D eigenvalue weighted by Crippen LogP contribution is 2.09. The van der Waals surface area contributed by atoms with E-state index in [9.17, 15) is 4.79 Å². The number of nitrogens with zero attached hydrogens (tertiary/aromatic N) is 2. The van der Waals surface area contributed by atoms with Gasteiger partial charge in [-0.15, -0.1) is 0 Å². The van der Waals surface area contributed by atoms with Gasteiger partial charge in [0, 0.05) is 13.0 Å². The van der Waals surface area contributed by atoms with Crippen LogP contribution >= 0.6 is 0 Å². The molecule has 1 amide bonds. The molecule has 1 aromatic rings. The van der Waals surface area contributed by atoms with E-state index in [1.54, 1.807) is 6.20 Å². The van der Waals surface area contributed by atoms with Crippen LogP contribution in [0.5, 0.6) is 0 Å². The van der Waals surface area contributed by atoms with Crippen molar-refractivity contribution in [2.24, 2.45) is 0 Å². The summed E-state index contributed by atoms with van der Waals surface area (Å²) in [6.07, 6.45) is 3.53. The Kier molecular flexibility index (Phi) is 2.18. The van der Waals surface area contributed by atoms with E-state index in [4.69, 9.17) is 5.73 Å². The molecule has 4 N–H and O–H groups in total. The van der Waals surface area contributed by atoms with E-state index in [0.29, 0.717) is 24.6 Å². The Morgan fingerprint density at radius 3 is 3.07 bits per heavy atom. The Balaban J connectivity index is 2.00. The molecule has 2 rings (SSSR count). The molecule has 0 bridgehead atoms. The second kappa shape index (κ2) is 3.49. The number of aromatic nitrogens is 2. The largest absolute Gasteiger partial charge is 0.382 e. The molecule has 2 heterocycles. The number of rotatable bonds is 2. The van der Waals surface area contributed by atoms with Crippen LogP contribution in [0.4, 0.5) is 11.6 Å². The van der Waals surface area contributed by atoms with Gasteiger partial charge in [0.05, 0.1) is 18.4 Å². The van der Waals surface area contributed by atoms with E-state index in [1.165, 1.54) is 6.20 Å². The molecule has 6 nitrogen and oxygen atoms in total. The summed E-state index contributed by atoms with van der Waals surface area (Å²) in [6.45, 7) is 0.620. The van der Waals surface area contributed by atoms with Crippen LogP contribution in [0, 0.1) is 0 Å². The third-order valence-electron chi connectivity index (χ3n) is 1.98. The first-order chi connectivity index (χ1) is 6.74. The smallest absolute Gasteiger partial charge is 0.222 e. The van der Waals surface area contributed by atoms with Gasteiger partial charge in [0.15, 0.2) is 0 Å². The van der Waals surface area contributed by atoms with Crippen molar-refractivity contribution in [2.75, 3.05) is 17.6 Å². The lowest BCUT2D eigenvalue weighted by Crippen LogP contribution is -2.23. The summed E-state index contributed by atoms with van der Waals surface area (Å²) >= 11 is 0. The van der Waals surface area contributed by atoms with Crippen molar-refractivity contribution in [3.63, 3.8) is 0 Å². The zero-order chi connectivity index (χ0) is 9.97. The molecule has 14 heavy (non-hydrogen) atoms. The van der Waals surface area contributed by atoms with Crippen LogP contribution in [0.3, 0.4) is 0 Å². The Hall–Kier alpha value is -1.85. The maximum absolute atomic E-state index is 10.9. The van der Waals surface area contributed by atoms with Crippen molar-refractivity contribution < 1.29 is 4.79 Å². The zero-order valence-corrected chi connectivity index (χ0v) is 7.53. The average molecular weight is 193 g/mol. The van der Waals surface area contributed by atoms with Crippen LogP contribution in [0.2, 0.25) is 0 Å². The summed E-state index contributed by atoms with van der Waals surface area (Å²) in [6, 6.07) is 0.0820. The fourth-order valence-electron chi connectivity index (χ4n) is 1.37. The Bertz CT molecular complexity index is 353. The first-order valence-corrected chi connectivity index (χ1v) is 4.35. The van der Waals surface area contributed by atoms with E-state index in [-0.39, 0.29) is 11.9 Å². The van der Waals surface area contributed by atoms with E-state index >= 15 is 0 Å². The van der Waals surface area contributed by atoms with Gasteiger partial charge in [-0.05, 0) is 0 Å². The molecule has 0 spiro atoms. The molecule has 74 valence electrons. The van der Waals surface area contributed by atoms with Crippen molar-refractivity contribution in [1.29, 1.82) is 0 Å². The van der Waals surface area contributed by atoms with E-state index < -0.39 is 0 Å². The van der Waals surface area contributed by atoms with Crippen LogP contribution in [-0.2, 0) is 4.79 Å². The average Bonchev–Trinajstić information content (AvgIpc) is 2.51. The van der Waals surface area contributed by atoms with Gasteiger partial charge >= 0.3 is 0 Å². The highest BCUT2D eigenvalue weighted by atomic mass is 16.1. The summed E-state index contributed by atoms with van der Waals surface area (Å²) in [5.41, 5.74) is 5.46. The number of amides is 1. The topological polar surface area (TPSA) is 92.9 Å². The highest BCUT2D eigenvalue weighted by molar-refractivity contribution is 5.79. The number of anilines is 2. The normalized spacial score (nSPS) is 20.6. The standard InChI is InChI=1S/C8H11N5O/c9-6-3-10-4-7(13-6)12-5-1-8(14)11-2-5/h3-5H,1-2H2,(H,11,14)(H3,9,12,13). The van der Waals surface area contributed by atoms with E-state index in [0.717, 1.165) is 0 Å². The number of hydrogen-bond donors (Lipinski definition) is 3. The number of hydrogen-bond acceptors (Lipinski definition) is 5. The lowest BCUT2D eigenvalue weighted by Gasteiger charge is -2.10. The third-order valence-corrected chi connectivity index (χ3v) is 1.98. The molecule has 1 unspecified atom stereocenters. The summed E-state index contributed by atoms with van der Waals surface area (Å²) < 4.78 is 0. The van der Waals surface area contributed by atoms with Crippen LogP contribution in [0.1, 0.15) is 6.42 Å². The first-order valence-electron chi connectivity index (χ1n) is 4.35. The predicted molar refractivity (Wildman–Crippen MR) is 51.5 cm³/mol. The maximum atomic E-state index is 10.9. The summed E-state index contributed by atoms with van der Waals surface area (Å²) in [7, 11) is 0. The van der Waals surface area contributed by atoms with Gasteiger partial charge in [-0.1, -0.05) is 0 Å². The van der Waals surface area contributed by atoms with Crippen molar-refractivity contribution in [3.8, 4) is 0 Å². The number of carbonyl (C=O) groups is 1. The van der Waals surface area contributed by atoms with Crippen molar-refractivity contribution >= 4 is 17.5 Å². The SMILES string of the molecule is Nc1cncc(NC2CNC(=O)C2)n1. The number of carbonyl (C=O) groups excluding carboxylic acids is 1. The van der Waals surface area contributed by atoms with Crippen LogP contribution < -0.4 is 16.4 Å². The molecule has 0 saturated carbocycles. The van der Waals surface area contributed by atoms with Gasteiger partial charge in [-0.2, -0.15) is 0 Å². The lowest BCUT2D eigenvalue weighted by molar-refractivity contribution is -0.119. The second-order valence-corrected chi connectivity index (χ2v) is 3.18. The molecule has 1 saturated heterocycles. The zero-order valence-electron chi connectivity index (χ0n) is 7.53. The van der Waals surface area contributed by atoms with Gasteiger partial charge in [0.2, 0.25) is 5.91 Å². The lowest BCUT2D eigenvalue weighted by atomic mass is 10.2. The fraction of sp³-hybridized carbons (Fsp3) is 0.375. The van der Waals surface area contributed by atoms with Gasteiger partial charge < -0.3 is 16.4 Å². The first kappa shape index (κ1) is 8.74. The highest BCUT2D eigenvalue weighted by Gasteiger charge is 2.21. The minimum absolute atomic E-state index is 0.0550. The van der Waals surface area contributed by atoms with Crippen molar-refractivity contribution in [1.82, 2.24) is 15.3 Å². The monoisotopic (exact) mass is 193 g/mol. The summed E-state index contributed by atoms with van der Waals surface area (Å²) in [5, 5.41) is 5.80. The molecule has 1 fully saturated rings. The predicted octanol–water partition coefficient (Wildman–Crippen LogP) is -0.641. The minimum atomic E-state index is 0.0550. The van der Waals surface area contributed by atoms with Gasteiger partial charge in [-0.3, -0.25) is 9.78 Å². The Morgan fingerprint density at radius 2 is 2.43 bits per heavy atom. The fourth-order valence-corrected chi connectivity index (χ4v) is 1.37. The molecule has 0 radical (unpaired) electrons. The van der Waals surface area contributed by atoms with Gasteiger partial charge in [0.25, 0.3) is 0 Å². The summed E-state index contributed by atoms with van der Waals surface area (Å²) in [4.78, 5) is 18.8. The third kappa shape index (κ3) is 1.90. The number of nitrogens with two attached hydrogens (primary N) is 1. The Morgan fingerprint density at radius 1 is 1.57 bits per heavy atom. The molecule has 0 aliphatic carbocycles. The number of nitrogen functional groups attached to an aromatic ring is 1. The second-order valence-electron chi connectivity index (χ2n) is 3.18. The van der Waals surface area contributed by atoms with Crippen LogP contribution in [0.25, 0.3) is 0 Å². The minimum Gasteiger partial charge on any atom is -0.382 e.